The van der Waals surface area contributed by atoms with Crippen molar-refractivity contribution in [3.05, 3.63) is 47.0 Å². The Bertz CT molecular complexity index is 557. The highest BCUT2D eigenvalue weighted by atomic mass is 35.5. The maximum absolute atomic E-state index is 5.97. The summed E-state index contributed by atoms with van der Waals surface area (Å²) < 4.78 is 1.97. The zero-order valence-electron chi connectivity index (χ0n) is 10.9. The van der Waals surface area contributed by atoms with E-state index in [-0.39, 0.29) is 5.41 Å². The van der Waals surface area contributed by atoms with E-state index in [1.54, 1.807) is 6.33 Å². The van der Waals surface area contributed by atoms with E-state index in [0.717, 1.165) is 36.9 Å². The molecule has 1 aliphatic heterocycles. The smallest absolute Gasteiger partial charge is 0.138 e. The van der Waals surface area contributed by atoms with Crippen molar-refractivity contribution in [2.24, 2.45) is 0 Å². The van der Waals surface area contributed by atoms with Crippen LogP contribution in [-0.2, 0) is 18.4 Å². The molecule has 0 aliphatic carbocycles. The van der Waals surface area contributed by atoms with Crippen LogP contribution in [0.1, 0.15) is 18.3 Å². The quantitative estimate of drug-likeness (QED) is 0.929. The second-order valence-corrected chi connectivity index (χ2v) is 5.50. The second kappa shape index (κ2) is 4.94. The number of hydrogen-bond acceptors (Lipinski definition) is 3. The van der Waals surface area contributed by atoms with Crippen LogP contribution in [0.4, 0.5) is 0 Å². The van der Waals surface area contributed by atoms with Gasteiger partial charge in [0.05, 0.1) is 0 Å². The summed E-state index contributed by atoms with van der Waals surface area (Å²) in [6.07, 6.45) is 2.55. The van der Waals surface area contributed by atoms with Gasteiger partial charge < -0.3 is 5.32 Å². The van der Waals surface area contributed by atoms with Crippen molar-refractivity contribution in [2.45, 2.75) is 25.3 Å². The van der Waals surface area contributed by atoms with E-state index in [4.69, 9.17) is 11.6 Å². The molecule has 0 unspecified atom stereocenters. The Morgan fingerprint density at radius 1 is 1.32 bits per heavy atom. The highest BCUT2D eigenvalue weighted by molar-refractivity contribution is 6.30. The predicted octanol–water partition coefficient (Wildman–Crippen LogP) is 2.04. The zero-order chi connectivity index (χ0) is 13.3. The normalized spacial score (nSPS) is 17.2. The van der Waals surface area contributed by atoms with E-state index in [1.807, 2.05) is 16.8 Å². The topological polar surface area (TPSA) is 42.7 Å². The fourth-order valence-electron chi connectivity index (χ4n) is 2.65. The predicted molar refractivity (Wildman–Crippen MR) is 75.4 cm³/mol. The van der Waals surface area contributed by atoms with Crippen molar-refractivity contribution in [3.8, 4) is 0 Å². The van der Waals surface area contributed by atoms with E-state index in [1.165, 1.54) is 5.56 Å². The summed E-state index contributed by atoms with van der Waals surface area (Å²) in [5, 5.41) is 8.40. The molecule has 1 aliphatic rings. The Morgan fingerprint density at radius 3 is 2.63 bits per heavy atom. The van der Waals surface area contributed by atoms with Gasteiger partial charge in [-0.05, 0) is 24.6 Å². The average molecular weight is 277 g/mol. The molecule has 0 bridgehead atoms. The Balaban J connectivity index is 1.89. The van der Waals surface area contributed by atoms with Gasteiger partial charge in [0.1, 0.15) is 12.2 Å². The van der Waals surface area contributed by atoms with Gasteiger partial charge in [-0.25, -0.2) is 4.98 Å². The lowest BCUT2D eigenvalue weighted by Gasteiger charge is -2.43. The van der Waals surface area contributed by atoms with Crippen molar-refractivity contribution in [2.75, 3.05) is 13.1 Å². The molecule has 1 saturated heterocycles. The largest absolute Gasteiger partial charge is 0.315 e. The minimum absolute atomic E-state index is 0.130. The zero-order valence-corrected chi connectivity index (χ0v) is 11.7. The van der Waals surface area contributed by atoms with E-state index in [9.17, 15) is 0 Å². The van der Waals surface area contributed by atoms with E-state index in [0.29, 0.717) is 0 Å². The van der Waals surface area contributed by atoms with Crippen LogP contribution in [-0.4, -0.2) is 27.9 Å². The van der Waals surface area contributed by atoms with Crippen LogP contribution in [0.5, 0.6) is 0 Å². The van der Waals surface area contributed by atoms with Crippen LogP contribution < -0.4 is 5.32 Å². The number of nitrogens with zero attached hydrogens (tertiary/aromatic N) is 3. The molecule has 0 spiro atoms. The van der Waals surface area contributed by atoms with Crippen molar-refractivity contribution >= 4 is 11.6 Å². The maximum Gasteiger partial charge on any atom is 0.138 e. The number of aryl methyl sites for hydroxylation is 1. The molecule has 19 heavy (non-hydrogen) atoms. The molecule has 1 aromatic carbocycles. The summed E-state index contributed by atoms with van der Waals surface area (Å²) in [5.74, 6) is 1.05. The first kappa shape index (κ1) is 12.6. The van der Waals surface area contributed by atoms with Gasteiger partial charge in [-0.1, -0.05) is 23.7 Å². The first-order valence-corrected chi connectivity index (χ1v) is 6.95. The lowest BCUT2D eigenvalue weighted by molar-refractivity contribution is 0.266. The number of benzene rings is 1. The first-order chi connectivity index (χ1) is 9.23. The number of hydrogen-bond donors (Lipinski definition) is 1. The summed E-state index contributed by atoms with van der Waals surface area (Å²) in [6.45, 7) is 4.90. The maximum atomic E-state index is 5.97. The lowest BCUT2D eigenvalue weighted by Crippen LogP contribution is -2.58. The van der Waals surface area contributed by atoms with Crippen LogP contribution >= 0.6 is 11.6 Å². The molecule has 0 saturated carbocycles. The van der Waals surface area contributed by atoms with Gasteiger partial charge in [0.15, 0.2) is 0 Å². The summed E-state index contributed by atoms with van der Waals surface area (Å²) in [5.41, 5.74) is 1.45. The molecule has 100 valence electrons. The molecular formula is C14H17ClN4. The van der Waals surface area contributed by atoms with Crippen LogP contribution in [0.3, 0.4) is 0 Å². The average Bonchev–Trinajstić information content (AvgIpc) is 2.82. The molecule has 0 radical (unpaired) electrons. The summed E-state index contributed by atoms with van der Waals surface area (Å²) in [4.78, 5) is 4.39. The van der Waals surface area contributed by atoms with Gasteiger partial charge in [0, 0.05) is 36.5 Å². The molecule has 0 amide bonds. The Labute approximate surface area is 117 Å². The number of rotatable bonds is 4. The van der Waals surface area contributed by atoms with Crippen molar-refractivity contribution < 1.29 is 0 Å². The van der Waals surface area contributed by atoms with Crippen molar-refractivity contribution in [1.82, 2.24) is 20.1 Å². The molecule has 3 rings (SSSR count). The summed E-state index contributed by atoms with van der Waals surface area (Å²) in [7, 11) is 0. The fraction of sp³-hybridized carbons (Fsp3) is 0.429. The van der Waals surface area contributed by atoms with Crippen molar-refractivity contribution in [1.29, 1.82) is 0 Å². The second-order valence-electron chi connectivity index (χ2n) is 5.06. The number of halogens is 1. The Kier molecular flexibility index (Phi) is 3.29. The SMILES string of the molecule is CCn1ncnc1CC1(c2ccc(Cl)cc2)CNC1. The van der Waals surface area contributed by atoms with Gasteiger partial charge in [0.25, 0.3) is 0 Å². The van der Waals surface area contributed by atoms with E-state index < -0.39 is 0 Å². The number of nitrogens with one attached hydrogen (secondary N) is 1. The molecule has 1 aromatic heterocycles. The van der Waals surface area contributed by atoms with Crippen LogP contribution in [0.2, 0.25) is 5.02 Å². The molecule has 1 N–H and O–H groups in total. The number of aromatic nitrogens is 3. The Morgan fingerprint density at radius 2 is 2.05 bits per heavy atom. The van der Waals surface area contributed by atoms with Crippen LogP contribution in [0, 0.1) is 0 Å². The van der Waals surface area contributed by atoms with Gasteiger partial charge in [-0.15, -0.1) is 0 Å². The van der Waals surface area contributed by atoms with Crippen LogP contribution in [0.15, 0.2) is 30.6 Å². The monoisotopic (exact) mass is 276 g/mol. The molecule has 1 fully saturated rings. The van der Waals surface area contributed by atoms with Crippen LogP contribution in [0.25, 0.3) is 0 Å². The van der Waals surface area contributed by atoms with E-state index in [2.05, 4.69) is 34.5 Å². The molecule has 2 aromatic rings. The summed E-state index contributed by atoms with van der Waals surface area (Å²) >= 11 is 5.97. The fourth-order valence-corrected chi connectivity index (χ4v) is 2.78. The van der Waals surface area contributed by atoms with Gasteiger partial charge >= 0.3 is 0 Å². The molecule has 0 atom stereocenters. The molecule has 4 nitrogen and oxygen atoms in total. The molecule has 5 heteroatoms. The lowest BCUT2D eigenvalue weighted by atomic mass is 9.72. The van der Waals surface area contributed by atoms with E-state index >= 15 is 0 Å². The third-order valence-corrected chi connectivity index (χ3v) is 4.13. The highest BCUT2D eigenvalue weighted by Gasteiger charge is 2.39. The summed E-state index contributed by atoms with van der Waals surface area (Å²) in [6, 6.07) is 8.16. The van der Waals surface area contributed by atoms with Gasteiger partial charge in [-0.3, -0.25) is 4.68 Å². The minimum atomic E-state index is 0.130. The van der Waals surface area contributed by atoms with Gasteiger partial charge in [0.2, 0.25) is 0 Å². The highest BCUT2D eigenvalue weighted by Crippen LogP contribution is 2.32. The Hall–Kier alpha value is -1.39. The minimum Gasteiger partial charge on any atom is -0.315 e. The van der Waals surface area contributed by atoms with Gasteiger partial charge in [-0.2, -0.15) is 5.10 Å². The first-order valence-electron chi connectivity index (χ1n) is 6.57. The standard InChI is InChI=1S/C14H17ClN4/c1-2-19-13(17-10-18-19)7-14(8-16-9-14)11-3-5-12(15)6-4-11/h3-6,10,16H,2,7-9H2,1H3. The third-order valence-electron chi connectivity index (χ3n) is 3.88. The third kappa shape index (κ3) is 2.26. The molecule has 2 heterocycles. The van der Waals surface area contributed by atoms with Crippen molar-refractivity contribution in [3.63, 3.8) is 0 Å². The molecular weight excluding hydrogens is 260 g/mol.